The molecule has 1 aliphatic heterocycles. The van der Waals surface area contributed by atoms with Crippen molar-refractivity contribution < 1.29 is 4.79 Å². The summed E-state index contributed by atoms with van der Waals surface area (Å²) in [5, 5.41) is 9.53. The quantitative estimate of drug-likeness (QED) is 0.483. The molecule has 0 saturated carbocycles. The highest BCUT2D eigenvalue weighted by Gasteiger charge is 2.34. The van der Waals surface area contributed by atoms with Crippen LogP contribution in [0.4, 0.5) is 0 Å². The minimum absolute atomic E-state index is 0.0171. The maximum absolute atomic E-state index is 13.5. The topological polar surface area (TPSA) is 51.0 Å². The first-order valence-corrected chi connectivity index (χ1v) is 11.1. The van der Waals surface area contributed by atoms with Crippen molar-refractivity contribution >= 4 is 39.6 Å². The van der Waals surface area contributed by atoms with Gasteiger partial charge in [-0.25, -0.2) is 9.67 Å². The van der Waals surface area contributed by atoms with Gasteiger partial charge in [0.2, 0.25) is 0 Å². The Bertz CT molecular complexity index is 1140. The molecule has 7 heteroatoms. The lowest BCUT2D eigenvalue weighted by Crippen LogP contribution is -2.39. The van der Waals surface area contributed by atoms with E-state index in [1.807, 2.05) is 15.6 Å². The Labute approximate surface area is 171 Å². The Balaban J connectivity index is 1.54. The molecule has 1 unspecified atom stereocenters. The van der Waals surface area contributed by atoms with Crippen LogP contribution in [0.3, 0.4) is 0 Å². The molecule has 0 fully saturated rings. The van der Waals surface area contributed by atoms with Gasteiger partial charge in [0.25, 0.3) is 5.91 Å². The van der Waals surface area contributed by atoms with Crippen LogP contribution in [0.1, 0.15) is 51.6 Å². The molecule has 1 amide bonds. The predicted molar refractivity (Wildman–Crippen MR) is 113 cm³/mol. The summed E-state index contributed by atoms with van der Waals surface area (Å²) in [6.45, 7) is 4.87. The predicted octanol–water partition coefficient (Wildman–Crippen LogP) is 4.92. The van der Waals surface area contributed by atoms with E-state index < -0.39 is 0 Å². The molecule has 1 atom stereocenters. The smallest absolute Gasteiger partial charge is 0.256 e. The Morgan fingerprint density at radius 2 is 2.11 bits per heavy atom. The minimum Gasteiger partial charge on any atom is -0.326 e. The molecule has 5 rings (SSSR count). The van der Waals surface area contributed by atoms with Crippen LogP contribution in [0, 0.1) is 0 Å². The van der Waals surface area contributed by atoms with E-state index in [0.717, 1.165) is 24.0 Å². The molecule has 0 N–H and O–H groups in total. The number of amides is 1. The monoisotopic (exact) mass is 408 g/mol. The molecule has 0 aliphatic carbocycles. The third-order valence-electron chi connectivity index (χ3n) is 5.21. The van der Waals surface area contributed by atoms with Gasteiger partial charge in [-0.05, 0) is 54.8 Å². The van der Waals surface area contributed by atoms with Crippen LogP contribution in [0.2, 0.25) is 0 Å². The fourth-order valence-corrected chi connectivity index (χ4v) is 5.65. The summed E-state index contributed by atoms with van der Waals surface area (Å²) in [6.07, 6.45) is 4.39. The first-order valence-electron chi connectivity index (χ1n) is 9.37. The van der Waals surface area contributed by atoms with Gasteiger partial charge in [0, 0.05) is 33.9 Å². The molecule has 0 spiro atoms. The fourth-order valence-electron chi connectivity index (χ4n) is 3.89. The van der Waals surface area contributed by atoms with Crippen LogP contribution in [-0.2, 0) is 6.42 Å². The number of carbonyl (C=O) groups excluding carboxylic acids is 1. The normalized spacial score (nSPS) is 16.7. The second-order valence-corrected chi connectivity index (χ2v) is 9.27. The Kier molecular flexibility index (Phi) is 4.29. The Hall–Kier alpha value is -2.51. The van der Waals surface area contributed by atoms with Crippen molar-refractivity contribution in [2.75, 3.05) is 6.54 Å². The molecule has 1 aliphatic rings. The number of aromatic nitrogens is 3. The van der Waals surface area contributed by atoms with Gasteiger partial charge in [0.1, 0.15) is 0 Å². The van der Waals surface area contributed by atoms with E-state index in [0.29, 0.717) is 5.56 Å². The van der Waals surface area contributed by atoms with Crippen LogP contribution in [0.25, 0.3) is 11.0 Å². The van der Waals surface area contributed by atoms with Gasteiger partial charge in [0.05, 0.1) is 17.8 Å². The van der Waals surface area contributed by atoms with Gasteiger partial charge in [0.15, 0.2) is 5.65 Å². The van der Waals surface area contributed by atoms with Gasteiger partial charge in [-0.2, -0.15) is 5.10 Å². The second kappa shape index (κ2) is 6.83. The van der Waals surface area contributed by atoms with Crippen molar-refractivity contribution in [3.05, 3.63) is 68.3 Å². The van der Waals surface area contributed by atoms with Crippen LogP contribution < -0.4 is 0 Å². The Morgan fingerprint density at radius 1 is 1.21 bits per heavy atom. The third-order valence-corrected chi connectivity index (χ3v) is 7.13. The summed E-state index contributed by atoms with van der Waals surface area (Å²) in [5.74, 6) is 0.0296. The highest BCUT2D eigenvalue weighted by molar-refractivity contribution is 7.10. The summed E-state index contributed by atoms with van der Waals surface area (Å²) >= 11 is 3.49. The van der Waals surface area contributed by atoms with Crippen LogP contribution in [0.15, 0.2) is 47.4 Å². The number of nitrogens with zero attached hydrogens (tertiary/aromatic N) is 4. The van der Waals surface area contributed by atoms with Crippen molar-refractivity contribution in [1.29, 1.82) is 0 Å². The number of carbonyl (C=O) groups is 1. The molecule has 0 bridgehead atoms. The molecule has 0 radical (unpaired) electrons. The average Bonchev–Trinajstić information content (AvgIpc) is 3.45. The Morgan fingerprint density at radius 3 is 2.89 bits per heavy atom. The summed E-state index contributed by atoms with van der Waals surface area (Å²) in [5.41, 5.74) is 2.70. The molecule has 4 aromatic rings. The molecule has 5 heterocycles. The van der Waals surface area contributed by atoms with E-state index >= 15 is 0 Å². The van der Waals surface area contributed by atoms with Crippen molar-refractivity contribution in [2.45, 2.75) is 32.4 Å². The lowest BCUT2D eigenvalue weighted by Gasteiger charge is -2.35. The zero-order chi connectivity index (χ0) is 19.3. The molecule has 5 nitrogen and oxygen atoms in total. The zero-order valence-electron chi connectivity index (χ0n) is 15.7. The highest BCUT2D eigenvalue weighted by atomic mass is 32.1. The summed E-state index contributed by atoms with van der Waals surface area (Å²) < 4.78 is 1.89. The largest absolute Gasteiger partial charge is 0.326 e. The lowest BCUT2D eigenvalue weighted by atomic mass is 9.97. The number of fused-ring (bicyclic) bond motifs is 2. The molecule has 0 saturated heterocycles. The van der Waals surface area contributed by atoms with Gasteiger partial charge in [-0.3, -0.25) is 4.79 Å². The molecule has 4 aromatic heterocycles. The minimum atomic E-state index is -0.0171. The van der Waals surface area contributed by atoms with Gasteiger partial charge < -0.3 is 4.90 Å². The molecular formula is C21H20N4OS2. The van der Waals surface area contributed by atoms with Crippen molar-refractivity contribution in [2.24, 2.45) is 0 Å². The lowest BCUT2D eigenvalue weighted by molar-refractivity contribution is 0.0698. The highest BCUT2D eigenvalue weighted by Crippen LogP contribution is 2.40. The van der Waals surface area contributed by atoms with E-state index in [1.54, 1.807) is 35.1 Å². The number of thiophene rings is 2. The van der Waals surface area contributed by atoms with Crippen LogP contribution >= 0.6 is 22.7 Å². The fraction of sp³-hybridized carbons (Fsp3) is 0.286. The van der Waals surface area contributed by atoms with Crippen molar-refractivity contribution in [3.8, 4) is 0 Å². The first-order chi connectivity index (χ1) is 13.6. The van der Waals surface area contributed by atoms with Gasteiger partial charge in [-0.15, -0.1) is 22.7 Å². The van der Waals surface area contributed by atoms with Crippen LogP contribution in [0.5, 0.6) is 0 Å². The molecule has 0 aromatic carbocycles. The number of pyridine rings is 1. The molecular weight excluding hydrogens is 388 g/mol. The maximum atomic E-state index is 13.5. The van der Waals surface area contributed by atoms with Crippen molar-refractivity contribution in [3.63, 3.8) is 0 Å². The third kappa shape index (κ3) is 2.77. The van der Waals surface area contributed by atoms with E-state index in [2.05, 4.69) is 52.9 Å². The zero-order valence-corrected chi connectivity index (χ0v) is 17.3. The van der Waals surface area contributed by atoms with E-state index in [1.165, 1.54) is 15.3 Å². The van der Waals surface area contributed by atoms with E-state index in [9.17, 15) is 4.79 Å². The molecule has 142 valence electrons. The summed E-state index contributed by atoms with van der Waals surface area (Å²) in [6, 6.07) is 8.47. The van der Waals surface area contributed by atoms with Gasteiger partial charge >= 0.3 is 0 Å². The first kappa shape index (κ1) is 17.6. The summed E-state index contributed by atoms with van der Waals surface area (Å²) in [4.78, 5) is 22.6. The van der Waals surface area contributed by atoms with Crippen molar-refractivity contribution in [1.82, 2.24) is 19.7 Å². The summed E-state index contributed by atoms with van der Waals surface area (Å²) in [7, 11) is 0. The SMILES string of the molecule is CC(C)n1ncc2cc(C(=O)N3CCc4sccc4C3c3cccs3)cnc21. The number of hydrogen-bond acceptors (Lipinski definition) is 5. The average molecular weight is 409 g/mol. The number of hydrogen-bond donors (Lipinski definition) is 0. The van der Waals surface area contributed by atoms with Gasteiger partial charge in [-0.1, -0.05) is 6.07 Å². The number of rotatable bonds is 3. The molecule has 28 heavy (non-hydrogen) atoms. The standard InChI is InChI=1S/C21H20N4OS2/c1-13(2)25-20-14(12-23-25)10-15(11-22-20)21(26)24-7-5-17-16(6-9-28-17)19(24)18-4-3-8-27-18/h3-4,6,8-13,19H,5,7H2,1-2H3. The maximum Gasteiger partial charge on any atom is 0.256 e. The van der Waals surface area contributed by atoms with E-state index in [-0.39, 0.29) is 18.0 Å². The van der Waals surface area contributed by atoms with E-state index in [4.69, 9.17) is 0 Å². The van der Waals surface area contributed by atoms with Crippen LogP contribution in [-0.4, -0.2) is 32.1 Å². The second-order valence-electron chi connectivity index (χ2n) is 7.29.